The number of aliphatic hydroxyl groups is 1. The summed E-state index contributed by atoms with van der Waals surface area (Å²) in [5.41, 5.74) is 0.0812. The fourth-order valence-electron chi connectivity index (χ4n) is 2.88. The van der Waals surface area contributed by atoms with Gasteiger partial charge in [-0.25, -0.2) is 0 Å². The smallest absolute Gasteiger partial charge is 0.217 e. The van der Waals surface area contributed by atoms with Crippen molar-refractivity contribution >= 4 is 5.91 Å². The molecule has 0 bridgehead atoms. The number of rotatable bonds is 3. The molecule has 1 aromatic rings. The zero-order valence-corrected chi connectivity index (χ0v) is 13.5. The molecule has 1 aromatic heterocycles. The predicted molar refractivity (Wildman–Crippen MR) is 86.3 cm³/mol. The van der Waals surface area contributed by atoms with Gasteiger partial charge in [0.05, 0.1) is 5.69 Å². The number of nitrogens with one attached hydrogen (secondary N) is 2. The molecule has 2 fully saturated rings. The average Bonchev–Trinajstić information content (AvgIpc) is 3.32. The van der Waals surface area contributed by atoms with Crippen LogP contribution < -0.4 is 10.6 Å². The van der Waals surface area contributed by atoms with Crippen molar-refractivity contribution in [1.29, 1.82) is 0 Å². The van der Waals surface area contributed by atoms with E-state index in [-0.39, 0.29) is 5.91 Å². The molecular weight excluding hydrogens is 278 g/mol. The van der Waals surface area contributed by atoms with Crippen molar-refractivity contribution in [3.8, 4) is 0 Å². The van der Waals surface area contributed by atoms with Gasteiger partial charge in [0, 0.05) is 25.2 Å². The summed E-state index contributed by atoms with van der Waals surface area (Å²) in [5.74, 6) is 0.0995. The lowest BCUT2D eigenvalue weighted by Crippen LogP contribution is -2.41. The molecule has 2 aliphatic carbocycles. The molecule has 22 heavy (non-hydrogen) atoms. The Morgan fingerprint density at radius 1 is 1.32 bits per heavy atom. The topological polar surface area (TPSA) is 74.2 Å². The molecule has 2 unspecified atom stereocenters. The van der Waals surface area contributed by atoms with Gasteiger partial charge < -0.3 is 15.7 Å². The zero-order valence-electron chi connectivity index (χ0n) is 13.5. The van der Waals surface area contributed by atoms with Crippen LogP contribution in [-0.2, 0) is 10.4 Å². The normalized spacial score (nSPS) is 27.5. The second kappa shape index (κ2) is 7.70. The van der Waals surface area contributed by atoms with Crippen LogP contribution in [0.3, 0.4) is 0 Å². The van der Waals surface area contributed by atoms with Gasteiger partial charge in [-0.2, -0.15) is 0 Å². The third-order valence-electron chi connectivity index (χ3n) is 4.26. The van der Waals surface area contributed by atoms with Gasteiger partial charge in [0.25, 0.3) is 0 Å². The fourth-order valence-corrected chi connectivity index (χ4v) is 2.88. The average molecular weight is 305 g/mol. The summed E-state index contributed by atoms with van der Waals surface area (Å²) in [6.45, 7) is 1.55. The first-order valence-corrected chi connectivity index (χ1v) is 8.12. The number of amides is 1. The molecule has 5 nitrogen and oxygen atoms in total. The van der Waals surface area contributed by atoms with Crippen molar-refractivity contribution in [2.24, 2.45) is 0 Å². The molecule has 0 aromatic carbocycles. The molecule has 1 amide bonds. The molecule has 0 radical (unpaired) electrons. The van der Waals surface area contributed by atoms with Crippen molar-refractivity contribution in [2.45, 2.75) is 63.1 Å². The Balaban J connectivity index is 0.000000211. The van der Waals surface area contributed by atoms with Gasteiger partial charge in [-0.15, -0.1) is 0 Å². The Bertz CT molecular complexity index is 476. The van der Waals surface area contributed by atoms with Crippen molar-refractivity contribution in [2.75, 3.05) is 7.05 Å². The van der Waals surface area contributed by atoms with E-state index in [9.17, 15) is 9.90 Å². The summed E-state index contributed by atoms with van der Waals surface area (Å²) < 4.78 is 0. The van der Waals surface area contributed by atoms with E-state index in [1.807, 2.05) is 25.2 Å². The minimum atomic E-state index is -0.729. The van der Waals surface area contributed by atoms with E-state index in [1.54, 1.807) is 13.1 Å². The Labute approximate surface area is 132 Å². The summed E-state index contributed by atoms with van der Waals surface area (Å²) in [7, 11) is 1.95. The maximum absolute atomic E-state index is 10.5. The van der Waals surface area contributed by atoms with Gasteiger partial charge in [-0.05, 0) is 57.7 Å². The molecule has 2 aliphatic rings. The third-order valence-corrected chi connectivity index (χ3v) is 4.26. The molecule has 3 N–H and O–H groups in total. The van der Waals surface area contributed by atoms with Crippen molar-refractivity contribution in [3.63, 3.8) is 0 Å². The SMILES string of the molecule is CC(=O)NC1CC1.CNC1CCCC(O)(c2ccccn2)C1. The number of aromatic nitrogens is 1. The van der Waals surface area contributed by atoms with Crippen LogP contribution in [0.4, 0.5) is 0 Å². The summed E-state index contributed by atoms with van der Waals surface area (Å²) >= 11 is 0. The molecular formula is C17H27N3O2. The molecule has 2 atom stereocenters. The van der Waals surface area contributed by atoms with E-state index in [2.05, 4.69) is 15.6 Å². The lowest BCUT2D eigenvalue weighted by Gasteiger charge is -2.36. The van der Waals surface area contributed by atoms with Gasteiger partial charge >= 0.3 is 0 Å². The Morgan fingerprint density at radius 3 is 2.59 bits per heavy atom. The first kappa shape index (κ1) is 16.9. The highest BCUT2D eigenvalue weighted by molar-refractivity contribution is 5.73. The first-order chi connectivity index (χ1) is 10.5. The molecule has 0 saturated heterocycles. The number of pyridine rings is 1. The number of nitrogens with zero attached hydrogens (tertiary/aromatic N) is 1. The van der Waals surface area contributed by atoms with Crippen LogP contribution in [0.15, 0.2) is 24.4 Å². The van der Waals surface area contributed by atoms with E-state index < -0.39 is 5.60 Å². The van der Waals surface area contributed by atoms with Gasteiger partial charge in [0.2, 0.25) is 5.91 Å². The largest absolute Gasteiger partial charge is 0.383 e. The molecule has 1 heterocycles. The number of carbonyl (C=O) groups excluding carboxylic acids is 1. The summed E-state index contributed by atoms with van der Waals surface area (Å²) in [6.07, 6.45) is 7.89. The van der Waals surface area contributed by atoms with Crippen LogP contribution in [0.1, 0.15) is 51.1 Å². The Kier molecular flexibility index (Phi) is 5.91. The summed E-state index contributed by atoms with van der Waals surface area (Å²) in [6, 6.07) is 6.66. The third kappa shape index (κ3) is 5.07. The van der Waals surface area contributed by atoms with Gasteiger partial charge in [0.1, 0.15) is 5.60 Å². The van der Waals surface area contributed by atoms with Gasteiger partial charge in [-0.1, -0.05) is 6.07 Å². The molecule has 5 heteroatoms. The highest BCUT2D eigenvalue weighted by Crippen LogP contribution is 2.35. The maximum atomic E-state index is 10.5. The van der Waals surface area contributed by atoms with Crippen molar-refractivity contribution < 1.29 is 9.90 Å². The van der Waals surface area contributed by atoms with Crippen molar-refractivity contribution in [3.05, 3.63) is 30.1 Å². The van der Waals surface area contributed by atoms with E-state index in [4.69, 9.17) is 0 Å². The highest BCUT2D eigenvalue weighted by atomic mass is 16.3. The summed E-state index contributed by atoms with van der Waals surface area (Å²) in [4.78, 5) is 14.4. The van der Waals surface area contributed by atoms with Crippen LogP contribution in [0.2, 0.25) is 0 Å². The quantitative estimate of drug-likeness (QED) is 0.795. The molecule has 2 saturated carbocycles. The van der Waals surface area contributed by atoms with Crippen LogP contribution in [0.25, 0.3) is 0 Å². The van der Waals surface area contributed by atoms with Gasteiger partial charge in [0.15, 0.2) is 0 Å². The fraction of sp³-hybridized carbons (Fsp3) is 0.647. The van der Waals surface area contributed by atoms with Crippen molar-refractivity contribution in [1.82, 2.24) is 15.6 Å². The van der Waals surface area contributed by atoms with Crippen LogP contribution in [-0.4, -0.2) is 35.1 Å². The molecule has 0 spiro atoms. The Morgan fingerprint density at radius 2 is 2.09 bits per heavy atom. The summed E-state index contributed by atoms with van der Waals surface area (Å²) in [5, 5.41) is 16.6. The van der Waals surface area contributed by atoms with E-state index in [0.717, 1.165) is 31.4 Å². The minimum Gasteiger partial charge on any atom is -0.383 e. The predicted octanol–water partition coefficient (Wildman–Crippen LogP) is 1.72. The standard InChI is InChI=1S/C12H18N2O.C5H9NO/c1-13-10-5-4-7-12(15,9-10)11-6-2-3-8-14-11;1-4(7)6-5-2-3-5/h2-3,6,8,10,13,15H,4-5,7,9H2,1H3;5H,2-3H2,1H3,(H,6,7). The maximum Gasteiger partial charge on any atom is 0.217 e. The Hall–Kier alpha value is -1.46. The van der Waals surface area contributed by atoms with Crippen LogP contribution in [0, 0.1) is 0 Å². The molecule has 122 valence electrons. The lowest BCUT2D eigenvalue weighted by atomic mass is 9.79. The highest BCUT2D eigenvalue weighted by Gasteiger charge is 2.36. The number of hydrogen-bond acceptors (Lipinski definition) is 4. The van der Waals surface area contributed by atoms with Crippen LogP contribution in [0.5, 0.6) is 0 Å². The minimum absolute atomic E-state index is 0.0995. The number of carbonyl (C=O) groups is 1. The van der Waals surface area contributed by atoms with E-state index in [1.165, 1.54) is 12.8 Å². The lowest BCUT2D eigenvalue weighted by molar-refractivity contribution is -0.119. The van der Waals surface area contributed by atoms with E-state index in [0.29, 0.717) is 12.1 Å². The monoisotopic (exact) mass is 305 g/mol. The van der Waals surface area contributed by atoms with E-state index >= 15 is 0 Å². The number of hydrogen-bond donors (Lipinski definition) is 3. The molecule has 3 rings (SSSR count). The van der Waals surface area contributed by atoms with Crippen LogP contribution >= 0.6 is 0 Å². The van der Waals surface area contributed by atoms with Gasteiger partial charge in [-0.3, -0.25) is 9.78 Å². The second-order valence-electron chi connectivity index (χ2n) is 6.30. The second-order valence-corrected chi connectivity index (χ2v) is 6.30. The zero-order chi connectivity index (χ0) is 16.0. The molecule has 0 aliphatic heterocycles. The first-order valence-electron chi connectivity index (χ1n) is 8.12.